The Bertz CT molecular complexity index is 639. The first-order valence-electron chi connectivity index (χ1n) is 11.5. The predicted molar refractivity (Wildman–Crippen MR) is 128 cm³/mol. The molecule has 0 aliphatic heterocycles. The monoisotopic (exact) mass is 414 g/mol. The van der Waals surface area contributed by atoms with E-state index >= 15 is 0 Å². The largest absolute Gasteiger partial charge is 0.494 e. The quantitative estimate of drug-likeness (QED) is 0.253. The van der Waals surface area contributed by atoms with Crippen LogP contribution in [-0.2, 0) is 13.1 Å². The van der Waals surface area contributed by atoms with Gasteiger partial charge in [-0.15, -0.1) is 0 Å². The van der Waals surface area contributed by atoms with Crippen molar-refractivity contribution in [1.29, 1.82) is 0 Å². The summed E-state index contributed by atoms with van der Waals surface area (Å²) in [5.41, 5.74) is 4.04. The fraction of sp³-hybridized carbons (Fsp3) is 0.538. The number of thiol groups is 1. The highest BCUT2D eigenvalue weighted by Gasteiger charge is 2.00. The highest BCUT2D eigenvalue weighted by atomic mass is 32.1. The zero-order valence-electron chi connectivity index (χ0n) is 18.2. The van der Waals surface area contributed by atoms with E-state index in [-0.39, 0.29) is 0 Å². The molecule has 0 fully saturated rings. The van der Waals surface area contributed by atoms with Crippen LogP contribution in [0.15, 0.2) is 48.5 Å². The number of quaternary nitrogens is 1. The molecule has 0 aliphatic carbocycles. The molecule has 0 saturated heterocycles. The van der Waals surface area contributed by atoms with Gasteiger partial charge in [-0.1, -0.05) is 74.8 Å². The van der Waals surface area contributed by atoms with Crippen LogP contribution in [0.2, 0.25) is 0 Å². The van der Waals surface area contributed by atoms with Gasteiger partial charge in [0.05, 0.1) is 6.61 Å². The number of ether oxygens (including phenoxy) is 1. The van der Waals surface area contributed by atoms with Gasteiger partial charge < -0.3 is 10.1 Å². The van der Waals surface area contributed by atoms with E-state index in [9.17, 15) is 0 Å². The lowest BCUT2D eigenvalue weighted by Crippen LogP contribution is -2.80. The van der Waals surface area contributed by atoms with E-state index < -0.39 is 0 Å². The van der Waals surface area contributed by atoms with Crippen LogP contribution in [0.5, 0.6) is 5.75 Å². The maximum atomic E-state index is 5.90. The molecule has 0 radical (unpaired) electrons. The molecule has 0 heterocycles. The van der Waals surface area contributed by atoms with E-state index in [1.807, 2.05) is 0 Å². The Morgan fingerprint density at radius 1 is 0.655 bits per heavy atom. The molecule has 2 aromatic carbocycles. The molecule has 0 aromatic heterocycles. The molecule has 0 spiro atoms. The first-order chi connectivity index (χ1) is 14.3. The Kier molecular flexibility index (Phi) is 12.7. The smallest absolute Gasteiger partial charge is 0.119 e. The van der Waals surface area contributed by atoms with Crippen LogP contribution < -0.4 is 10.1 Å². The van der Waals surface area contributed by atoms with Gasteiger partial charge in [0.25, 0.3) is 0 Å². The molecule has 2 N–H and O–H groups in total. The minimum atomic E-state index is 0.834. The summed E-state index contributed by atoms with van der Waals surface area (Å²) in [7, 11) is 0. The molecular formula is C26H40NOS+. The first-order valence-corrected chi connectivity index (χ1v) is 12.1. The van der Waals surface area contributed by atoms with E-state index in [4.69, 9.17) is 4.74 Å². The number of unbranched alkanes of at least 4 members (excludes halogenated alkanes) is 8. The molecule has 3 heteroatoms. The molecule has 0 aliphatic rings. The van der Waals surface area contributed by atoms with Crippen LogP contribution in [0.1, 0.15) is 74.5 Å². The lowest BCUT2D eigenvalue weighted by atomic mass is 10.1. The van der Waals surface area contributed by atoms with Crippen molar-refractivity contribution in [3.8, 4) is 5.75 Å². The van der Waals surface area contributed by atoms with Gasteiger partial charge in [-0.2, -0.15) is 12.6 Å². The van der Waals surface area contributed by atoms with Crippen LogP contribution in [-0.4, -0.2) is 12.4 Å². The number of nitrogens with two attached hydrogens (primary N) is 1. The average Bonchev–Trinajstić information content (AvgIpc) is 2.74. The van der Waals surface area contributed by atoms with Gasteiger partial charge in [-0.25, -0.2) is 0 Å². The van der Waals surface area contributed by atoms with Gasteiger partial charge in [0, 0.05) is 11.1 Å². The fourth-order valence-corrected chi connectivity index (χ4v) is 3.72. The van der Waals surface area contributed by atoms with E-state index in [1.54, 1.807) is 0 Å². The summed E-state index contributed by atoms with van der Waals surface area (Å²) in [5.74, 6) is 2.03. The SMILES string of the molecule is Cc1ccc(C[NH2+]Cc2ccc(OCCCCCCCCCCCS)cc2)cc1. The summed E-state index contributed by atoms with van der Waals surface area (Å²) >= 11 is 4.26. The average molecular weight is 415 g/mol. The highest BCUT2D eigenvalue weighted by Crippen LogP contribution is 2.14. The minimum absolute atomic E-state index is 0.834. The second-order valence-corrected chi connectivity index (χ2v) is 8.53. The van der Waals surface area contributed by atoms with Crippen molar-refractivity contribution in [2.24, 2.45) is 0 Å². The summed E-state index contributed by atoms with van der Waals surface area (Å²) < 4.78 is 5.90. The van der Waals surface area contributed by atoms with Crippen molar-refractivity contribution in [2.75, 3.05) is 12.4 Å². The van der Waals surface area contributed by atoms with Crippen LogP contribution in [0, 0.1) is 6.92 Å². The molecule has 0 amide bonds. The van der Waals surface area contributed by atoms with Crippen molar-refractivity contribution in [2.45, 2.75) is 77.8 Å². The third kappa shape index (κ3) is 11.3. The van der Waals surface area contributed by atoms with Crippen LogP contribution in [0.25, 0.3) is 0 Å². The molecule has 0 atom stereocenters. The zero-order valence-corrected chi connectivity index (χ0v) is 19.1. The maximum absolute atomic E-state index is 5.90. The third-order valence-corrected chi connectivity index (χ3v) is 5.69. The molecule has 2 aromatic rings. The first kappa shape index (κ1) is 23.8. The fourth-order valence-electron chi connectivity index (χ4n) is 3.49. The summed E-state index contributed by atoms with van der Waals surface area (Å²) in [5, 5.41) is 2.35. The molecular weight excluding hydrogens is 374 g/mol. The summed E-state index contributed by atoms with van der Waals surface area (Å²) in [4.78, 5) is 0. The molecule has 29 heavy (non-hydrogen) atoms. The zero-order chi connectivity index (χ0) is 20.6. The molecule has 2 rings (SSSR count). The molecule has 0 unspecified atom stereocenters. The summed E-state index contributed by atoms with van der Waals surface area (Å²) in [6.07, 6.45) is 11.9. The maximum Gasteiger partial charge on any atom is 0.119 e. The molecule has 2 nitrogen and oxygen atoms in total. The number of benzene rings is 2. The van der Waals surface area contributed by atoms with E-state index in [1.165, 1.54) is 68.1 Å². The van der Waals surface area contributed by atoms with Gasteiger partial charge >= 0.3 is 0 Å². The van der Waals surface area contributed by atoms with Gasteiger partial charge in [0.2, 0.25) is 0 Å². The van der Waals surface area contributed by atoms with E-state index in [0.29, 0.717) is 0 Å². The Hall–Kier alpha value is -1.45. The lowest BCUT2D eigenvalue weighted by Gasteiger charge is -2.07. The Morgan fingerprint density at radius 2 is 1.14 bits per heavy atom. The normalized spacial score (nSPS) is 11.0. The number of rotatable bonds is 16. The van der Waals surface area contributed by atoms with Gasteiger partial charge in [-0.3, -0.25) is 0 Å². The summed E-state index contributed by atoms with van der Waals surface area (Å²) in [6.45, 7) is 4.99. The van der Waals surface area contributed by atoms with E-state index in [2.05, 4.69) is 73.4 Å². The predicted octanol–water partition coefficient (Wildman–Crippen LogP) is 6.08. The van der Waals surface area contributed by atoms with Crippen molar-refractivity contribution in [3.05, 3.63) is 65.2 Å². The van der Waals surface area contributed by atoms with Crippen molar-refractivity contribution < 1.29 is 10.1 Å². The van der Waals surface area contributed by atoms with Crippen molar-refractivity contribution in [1.82, 2.24) is 0 Å². The Morgan fingerprint density at radius 3 is 1.69 bits per heavy atom. The standard InChI is InChI=1S/C26H39NOS/c1-23-11-13-24(14-12-23)21-27-22-25-15-17-26(18-16-25)28-19-9-7-5-3-2-4-6-8-10-20-29/h11-18,27,29H,2-10,19-22H2,1H3/p+1. The molecule has 0 bridgehead atoms. The van der Waals surface area contributed by atoms with Gasteiger partial charge in [0.15, 0.2) is 0 Å². The van der Waals surface area contributed by atoms with Crippen molar-refractivity contribution in [3.63, 3.8) is 0 Å². The molecule has 160 valence electrons. The van der Waals surface area contributed by atoms with Gasteiger partial charge in [-0.05, 0) is 49.8 Å². The topological polar surface area (TPSA) is 25.8 Å². The number of aryl methyl sites for hydroxylation is 1. The Labute approximate surface area is 183 Å². The van der Waals surface area contributed by atoms with Crippen LogP contribution in [0.3, 0.4) is 0 Å². The van der Waals surface area contributed by atoms with E-state index in [0.717, 1.165) is 37.6 Å². The minimum Gasteiger partial charge on any atom is -0.494 e. The third-order valence-electron chi connectivity index (χ3n) is 5.38. The van der Waals surface area contributed by atoms with Crippen LogP contribution in [0.4, 0.5) is 0 Å². The second kappa shape index (κ2) is 15.4. The lowest BCUT2D eigenvalue weighted by molar-refractivity contribution is -0.686. The summed E-state index contributed by atoms with van der Waals surface area (Å²) in [6, 6.07) is 17.4. The van der Waals surface area contributed by atoms with Crippen LogP contribution >= 0.6 is 12.6 Å². The Balaban J connectivity index is 1.48. The number of hydrogen-bond donors (Lipinski definition) is 2. The highest BCUT2D eigenvalue weighted by molar-refractivity contribution is 7.80. The van der Waals surface area contributed by atoms with Gasteiger partial charge in [0.1, 0.15) is 18.8 Å². The van der Waals surface area contributed by atoms with Crippen molar-refractivity contribution >= 4 is 12.6 Å². The second-order valence-electron chi connectivity index (χ2n) is 8.08. The number of hydrogen-bond acceptors (Lipinski definition) is 2. The molecule has 0 saturated carbocycles.